The molecule has 0 unspecified atom stereocenters. The third-order valence-electron chi connectivity index (χ3n) is 4.70. The predicted octanol–water partition coefficient (Wildman–Crippen LogP) is 4.24. The number of benzene rings is 2. The maximum absolute atomic E-state index is 12.1. The molecular weight excluding hydrogens is 384 g/mol. The number of aromatic nitrogens is 1. The molecule has 1 aliphatic rings. The Morgan fingerprint density at radius 3 is 2.48 bits per heavy atom. The first-order chi connectivity index (χ1) is 14.3. The number of rotatable bonds is 5. The standard InChI is InChI=1S/C23H18N2O3S/c26-13-22-25-16(15-29-22)7-5-6-12-24-23(27)28-14-21-19-10-3-1-8-17(19)18-9-2-4-11-20(18)21/h1-4,8-11,13,15,21H,6,12,14H2,(H,24,27). The van der Waals surface area contributed by atoms with Gasteiger partial charge < -0.3 is 10.1 Å². The molecule has 0 aliphatic heterocycles. The first-order valence-electron chi connectivity index (χ1n) is 9.24. The van der Waals surface area contributed by atoms with Crippen molar-refractivity contribution in [1.82, 2.24) is 10.3 Å². The summed E-state index contributed by atoms with van der Waals surface area (Å²) in [5.41, 5.74) is 5.34. The van der Waals surface area contributed by atoms with Gasteiger partial charge in [-0.3, -0.25) is 4.79 Å². The zero-order valence-corrected chi connectivity index (χ0v) is 16.4. The van der Waals surface area contributed by atoms with Crippen LogP contribution in [-0.2, 0) is 4.74 Å². The van der Waals surface area contributed by atoms with Crippen molar-refractivity contribution < 1.29 is 14.3 Å². The second-order valence-corrected chi connectivity index (χ2v) is 7.38. The number of alkyl carbamates (subject to hydrolysis) is 1. The highest BCUT2D eigenvalue weighted by Gasteiger charge is 2.28. The average Bonchev–Trinajstić information content (AvgIpc) is 3.34. The summed E-state index contributed by atoms with van der Waals surface area (Å²) in [7, 11) is 0. The number of nitrogens with one attached hydrogen (secondary N) is 1. The topological polar surface area (TPSA) is 68.3 Å². The third-order valence-corrected chi connectivity index (χ3v) is 5.47. The molecule has 1 heterocycles. The Balaban J connectivity index is 1.29. The lowest BCUT2D eigenvalue weighted by Gasteiger charge is -2.14. The first-order valence-corrected chi connectivity index (χ1v) is 10.1. The van der Waals surface area contributed by atoms with Crippen molar-refractivity contribution in [3.05, 3.63) is 75.7 Å². The van der Waals surface area contributed by atoms with Crippen LogP contribution < -0.4 is 5.32 Å². The van der Waals surface area contributed by atoms with Gasteiger partial charge in [-0.2, -0.15) is 0 Å². The number of thiazole rings is 1. The van der Waals surface area contributed by atoms with Crippen LogP contribution in [0, 0.1) is 11.8 Å². The maximum atomic E-state index is 12.1. The van der Waals surface area contributed by atoms with E-state index in [4.69, 9.17) is 4.74 Å². The van der Waals surface area contributed by atoms with Crippen LogP contribution >= 0.6 is 11.3 Å². The van der Waals surface area contributed by atoms with Crippen molar-refractivity contribution in [1.29, 1.82) is 0 Å². The molecular formula is C23H18N2O3S. The number of amides is 1. The van der Waals surface area contributed by atoms with Crippen molar-refractivity contribution in [2.24, 2.45) is 0 Å². The van der Waals surface area contributed by atoms with Crippen LogP contribution in [0.5, 0.6) is 0 Å². The lowest BCUT2D eigenvalue weighted by Crippen LogP contribution is -2.26. The average molecular weight is 402 g/mol. The molecule has 0 bridgehead atoms. The van der Waals surface area contributed by atoms with Crippen molar-refractivity contribution in [3.63, 3.8) is 0 Å². The fraction of sp³-hybridized carbons (Fsp3) is 0.174. The molecule has 6 heteroatoms. The van der Waals surface area contributed by atoms with E-state index in [0.29, 0.717) is 36.6 Å². The van der Waals surface area contributed by atoms with Crippen molar-refractivity contribution in [3.8, 4) is 23.0 Å². The number of aldehydes is 1. The monoisotopic (exact) mass is 402 g/mol. The number of carbonyl (C=O) groups excluding carboxylic acids is 2. The first kappa shape index (κ1) is 18.9. The van der Waals surface area contributed by atoms with E-state index < -0.39 is 6.09 Å². The number of hydrogen-bond donors (Lipinski definition) is 1. The van der Waals surface area contributed by atoms with Gasteiger partial charge in [0.15, 0.2) is 11.3 Å². The van der Waals surface area contributed by atoms with Crippen LogP contribution in [0.3, 0.4) is 0 Å². The van der Waals surface area contributed by atoms with Crippen LogP contribution in [0.1, 0.15) is 39.0 Å². The summed E-state index contributed by atoms with van der Waals surface area (Å²) >= 11 is 1.26. The molecule has 5 nitrogen and oxygen atoms in total. The summed E-state index contributed by atoms with van der Waals surface area (Å²) in [6, 6.07) is 16.5. The van der Waals surface area contributed by atoms with E-state index in [-0.39, 0.29) is 5.92 Å². The number of hydrogen-bond acceptors (Lipinski definition) is 5. The summed E-state index contributed by atoms with van der Waals surface area (Å²) in [5, 5.41) is 4.86. The van der Waals surface area contributed by atoms with Crippen molar-refractivity contribution >= 4 is 23.7 Å². The Hall–Kier alpha value is -3.43. The number of ether oxygens (including phenoxy) is 1. The highest BCUT2D eigenvalue weighted by Crippen LogP contribution is 2.44. The molecule has 29 heavy (non-hydrogen) atoms. The lowest BCUT2D eigenvalue weighted by atomic mass is 9.98. The minimum absolute atomic E-state index is 0.0459. The quantitative estimate of drug-likeness (QED) is 0.394. The summed E-state index contributed by atoms with van der Waals surface area (Å²) < 4.78 is 5.47. The van der Waals surface area contributed by atoms with E-state index in [9.17, 15) is 9.59 Å². The summed E-state index contributed by atoms with van der Waals surface area (Å²) in [6.07, 6.45) is 0.720. The molecule has 2 aromatic carbocycles. The Bertz CT molecular complexity index is 1060. The Morgan fingerprint density at radius 1 is 1.14 bits per heavy atom. The number of fused-ring (bicyclic) bond motifs is 3. The molecule has 0 radical (unpaired) electrons. The van der Waals surface area contributed by atoms with E-state index in [1.165, 1.54) is 33.6 Å². The molecule has 144 valence electrons. The van der Waals surface area contributed by atoms with Crippen LogP contribution in [0.15, 0.2) is 53.9 Å². The molecule has 1 N–H and O–H groups in total. The molecule has 0 spiro atoms. The Morgan fingerprint density at radius 2 is 1.83 bits per heavy atom. The largest absolute Gasteiger partial charge is 0.449 e. The number of carbonyl (C=O) groups is 2. The molecule has 1 amide bonds. The zero-order valence-electron chi connectivity index (χ0n) is 15.6. The second kappa shape index (κ2) is 8.72. The van der Waals surface area contributed by atoms with Gasteiger partial charge in [-0.05, 0) is 28.2 Å². The van der Waals surface area contributed by atoms with Gasteiger partial charge in [0.25, 0.3) is 0 Å². The molecule has 0 atom stereocenters. The van der Waals surface area contributed by atoms with Crippen molar-refractivity contribution in [2.45, 2.75) is 12.3 Å². The van der Waals surface area contributed by atoms with Gasteiger partial charge >= 0.3 is 6.09 Å². The van der Waals surface area contributed by atoms with Gasteiger partial charge in [-0.25, -0.2) is 9.78 Å². The van der Waals surface area contributed by atoms with E-state index >= 15 is 0 Å². The zero-order chi connectivity index (χ0) is 20.1. The Kier molecular flexibility index (Phi) is 5.68. The van der Waals surface area contributed by atoms with E-state index in [0.717, 1.165) is 0 Å². The van der Waals surface area contributed by atoms with E-state index in [1.807, 2.05) is 24.3 Å². The fourth-order valence-electron chi connectivity index (χ4n) is 3.43. The van der Waals surface area contributed by atoms with Crippen molar-refractivity contribution in [2.75, 3.05) is 13.2 Å². The molecule has 0 saturated heterocycles. The predicted molar refractivity (Wildman–Crippen MR) is 112 cm³/mol. The lowest BCUT2D eigenvalue weighted by molar-refractivity contribution is 0.112. The van der Waals surface area contributed by atoms with Gasteiger partial charge in [0.05, 0.1) is 0 Å². The molecule has 1 aliphatic carbocycles. The molecule has 0 saturated carbocycles. The van der Waals surface area contributed by atoms with Crippen LogP contribution in [0.25, 0.3) is 11.1 Å². The third kappa shape index (κ3) is 4.20. The summed E-state index contributed by atoms with van der Waals surface area (Å²) in [6.45, 7) is 0.674. The molecule has 3 aromatic rings. The minimum atomic E-state index is -0.453. The van der Waals surface area contributed by atoms with Crippen LogP contribution in [0.2, 0.25) is 0 Å². The van der Waals surface area contributed by atoms with Gasteiger partial charge in [-0.1, -0.05) is 54.5 Å². The fourth-order valence-corrected chi connectivity index (χ4v) is 3.98. The Labute approximate surface area is 172 Å². The summed E-state index contributed by atoms with van der Waals surface area (Å²) in [4.78, 5) is 26.7. The van der Waals surface area contributed by atoms with Crippen LogP contribution in [-0.4, -0.2) is 30.5 Å². The molecule has 0 fully saturated rings. The van der Waals surface area contributed by atoms with E-state index in [2.05, 4.69) is 46.4 Å². The molecule has 1 aromatic heterocycles. The SMILES string of the molecule is O=Cc1nc(C#CCCNC(=O)OCC2c3ccccc3-c3ccccc32)cs1. The highest BCUT2D eigenvalue weighted by atomic mass is 32.1. The second-order valence-electron chi connectivity index (χ2n) is 6.49. The van der Waals surface area contributed by atoms with Gasteiger partial charge in [-0.15, -0.1) is 11.3 Å². The highest BCUT2D eigenvalue weighted by molar-refractivity contribution is 7.11. The van der Waals surface area contributed by atoms with Crippen LogP contribution in [0.4, 0.5) is 4.79 Å². The number of nitrogens with zero attached hydrogens (tertiary/aromatic N) is 1. The smallest absolute Gasteiger partial charge is 0.407 e. The minimum Gasteiger partial charge on any atom is -0.449 e. The summed E-state index contributed by atoms with van der Waals surface area (Å²) in [5.74, 6) is 5.84. The normalized spacial score (nSPS) is 11.7. The van der Waals surface area contributed by atoms with Gasteiger partial charge in [0.2, 0.25) is 0 Å². The molecule has 4 rings (SSSR count). The van der Waals surface area contributed by atoms with E-state index in [1.54, 1.807) is 5.38 Å². The maximum Gasteiger partial charge on any atom is 0.407 e. The van der Waals surface area contributed by atoms with Gasteiger partial charge in [0.1, 0.15) is 12.3 Å². The van der Waals surface area contributed by atoms with Gasteiger partial charge in [0, 0.05) is 24.3 Å².